The molecule has 0 aliphatic carbocycles. The van der Waals surface area contributed by atoms with E-state index in [0.717, 1.165) is 16.3 Å². The summed E-state index contributed by atoms with van der Waals surface area (Å²) in [5.41, 5.74) is 0.872. The number of hydrogen-bond donors (Lipinski definition) is 1. The molecule has 0 unspecified atom stereocenters. The molecule has 0 aromatic heterocycles. The molecule has 0 heterocycles. The molecule has 0 amide bonds. The fourth-order valence-electron chi connectivity index (χ4n) is 2.64. The van der Waals surface area contributed by atoms with Crippen molar-refractivity contribution in [3.63, 3.8) is 0 Å². The molecule has 120 valence electrons. The average molecular weight is 306 g/mol. The zero-order chi connectivity index (χ0) is 16.3. The normalized spacial score (nSPS) is 12.1. The minimum atomic E-state index is -0.483. The van der Waals surface area contributed by atoms with Crippen molar-refractivity contribution in [1.29, 1.82) is 0 Å². The topological polar surface area (TPSA) is 57.2 Å². The molecule has 2 aromatic carbocycles. The maximum atomic E-state index is 9.72. The summed E-state index contributed by atoms with van der Waals surface area (Å²) in [7, 11) is 6.42. The van der Waals surface area contributed by atoms with Gasteiger partial charge in [0.1, 0.15) is 23.0 Å². The Morgan fingerprint density at radius 1 is 0.909 bits per heavy atom. The molecule has 5 heteroatoms. The Morgan fingerprint density at radius 3 is 2.05 bits per heavy atom. The second-order valence-electron chi connectivity index (χ2n) is 5.08. The predicted molar refractivity (Wildman–Crippen MR) is 85.5 cm³/mol. The minimum Gasteiger partial charge on any atom is -0.497 e. The van der Waals surface area contributed by atoms with Gasteiger partial charge in [0, 0.05) is 23.4 Å². The van der Waals surface area contributed by atoms with Gasteiger partial charge in [-0.3, -0.25) is 0 Å². The third kappa shape index (κ3) is 2.90. The van der Waals surface area contributed by atoms with E-state index in [1.54, 1.807) is 41.4 Å². The molecule has 1 atom stereocenters. The molecule has 0 aliphatic heterocycles. The van der Waals surface area contributed by atoms with E-state index in [1.165, 1.54) is 0 Å². The highest BCUT2D eigenvalue weighted by Gasteiger charge is 2.19. The van der Waals surface area contributed by atoms with Crippen LogP contribution in [0.1, 0.15) is 12.5 Å². The lowest BCUT2D eigenvalue weighted by atomic mass is 9.99. The Kier molecular flexibility index (Phi) is 4.98. The van der Waals surface area contributed by atoms with Crippen LogP contribution in [0, 0.1) is 0 Å². The number of aliphatic hydroxyl groups is 1. The Hall–Kier alpha value is -2.14. The largest absolute Gasteiger partial charge is 0.497 e. The first-order valence-electron chi connectivity index (χ1n) is 7.03. The van der Waals surface area contributed by atoms with Crippen LogP contribution in [0.2, 0.25) is 0 Å². The van der Waals surface area contributed by atoms with Gasteiger partial charge in [-0.2, -0.15) is 0 Å². The van der Waals surface area contributed by atoms with Crippen molar-refractivity contribution in [3.8, 4) is 23.0 Å². The van der Waals surface area contributed by atoms with Crippen LogP contribution >= 0.6 is 0 Å². The van der Waals surface area contributed by atoms with Crippen LogP contribution in [-0.2, 0) is 6.42 Å². The maximum absolute atomic E-state index is 9.72. The summed E-state index contributed by atoms with van der Waals surface area (Å²) >= 11 is 0. The number of fused-ring (bicyclic) bond motifs is 1. The second kappa shape index (κ2) is 6.75. The number of methoxy groups -OCH3 is 4. The first-order chi connectivity index (χ1) is 10.5. The quantitative estimate of drug-likeness (QED) is 0.889. The molecule has 0 bridgehead atoms. The summed E-state index contributed by atoms with van der Waals surface area (Å²) in [6.07, 6.45) is -0.0156. The van der Waals surface area contributed by atoms with E-state index in [0.29, 0.717) is 29.4 Å². The zero-order valence-corrected chi connectivity index (χ0v) is 13.6. The van der Waals surface area contributed by atoms with Crippen LogP contribution in [0.4, 0.5) is 0 Å². The molecule has 0 spiro atoms. The molecule has 0 saturated heterocycles. The van der Waals surface area contributed by atoms with E-state index in [2.05, 4.69) is 0 Å². The molecule has 2 aromatic rings. The highest BCUT2D eigenvalue weighted by atomic mass is 16.5. The lowest BCUT2D eigenvalue weighted by Gasteiger charge is -2.18. The van der Waals surface area contributed by atoms with Crippen LogP contribution in [0.25, 0.3) is 10.8 Å². The Morgan fingerprint density at radius 2 is 1.55 bits per heavy atom. The van der Waals surface area contributed by atoms with Crippen molar-refractivity contribution in [3.05, 3.63) is 23.8 Å². The molecule has 0 radical (unpaired) electrons. The third-order valence-corrected chi connectivity index (χ3v) is 3.56. The number of ether oxygens (including phenoxy) is 4. The number of hydrogen-bond acceptors (Lipinski definition) is 5. The lowest BCUT2D eigenvalue weighted by molar-refractivity contribution is 0.194. The molecule has 0 saturated carbocycles. The van der Waals surface area contributed by atoms with E-state index >= 15 is 0 Å². The van der Waals surface area contributed by atoms with Crippen molar-refractivity contribution < 1.29 is 24.1 Å². The molecular weight excluding hydrogens is 284 g/mol. The zero-order valence-electron chi connectivity index (χ0n) is 13.6. The molecule has 2 rings (SSSR count). The molecule has 5 nitrogen and oxygen atoms in total. The summed E-state index contributed by atoms with van der Waals surface area (Å²) in [4.78, 5) is 0. The number of benzene rings is 2. The standard InChI is InChI=1S/C17H22O5/c1-10(18)6-11-7-14(20-3)16-13(17(11)22-5)8-12(19-2)9-15(16)21-4/h7-10,18H,6H2,1-5H3/t10-/m0/s1. The Balaban J connectivity index is 2.86. The summed E-state index contributed by atoms with van der Waals surface area (Å²) in [5, 5.41) is 11.4. The fraction of sp³-hybridized carbons (Fsp3) is 0.412. The van der Waals surface area contributed by atoms with Gasteiger partial charge in [0.05, 0.1) is 39.9 Å². The molecular formula is C17H22O5. The fourth-order valence-corrected chi connectivity index (χ4v) is 2.64. The van der Waals surface area contributed by atoms with Gasteiger partial charge in [-0.05, 0) is 19.1 Å². The van der Waals surface area contributed by atoms with Gasteiger partial charge in [-0.15, -0.1) is 0 Å². The van der Waals surface area contributed by atoms with Gasteiger partial charge in [0.2, 0.25) is 0 Å². The monoisotopic (exact) mass is 306 g/mol. The second-order valence-corrected chi connectivity index (χ2v) is 5.08. The van der Waals surface area contributed by atoms with Gasteiger partial charge >= 0.3 is 0 Å². The van der Waals surface area contributed by atoms with Crippen LogP contribution in [0.3, 0.4) is 0 Å². The highest BCUT2D eigenvalue weighted by Crippen LogP contribution is 2.44. The first kappa shape index (κ1) is 16.2. The smallest absolute Gasteiger partial charge is 0.134 e. The molecule has 0 fully saturated rings. The van der Waals surface area contributed by atoms with Gasteiger partial charge in [-0.1, -0.05) is 0 Å². The van der Waals surface area contributed by atoms with Crippen molar-refractivity contribution in [2.24, 2.45) is 0 Å². The van der Waals surface area contributed by atoms with Gasteiger partial charge in [0.15, 0.2) is 0 Å². The van der Waals surface area contributed by atoms with Crippen LogP contribution in [0.5, 0.6) is 23.0 Å². The molecule has 0 aliphatic rings. The Labute approximate surface area is 130 Å². The third-order valence-electron chi connectivity index (χ3n) is 3.56. The molecule has 22 heavy (non-hydrogen) atoms. The summed E-state index contributed by atoms with van der Waals surface area (Å²) < 4.78 is 21.9. The van der Waals surface area contributed by atoms with Crippen LogP contribution < -0.4 is 18.9 Å². The van der Waals surface area contributed by atoms with E-state index in [-0.39, 0.29) is 0 Å². The van der Waals surface area contributed by atoms with Gasteiger partial charge in [-0.25, -0.2) is 0 Å². The molecule has 1 N–H and O–H groups in total. The first-order valence-corrected chi connectivity index (χ1v) is 7.03. The van der Waals surface area contributed by atoms with Crippen molar-refractivity contribution >= 4 is 10.8 Å². The van der Waals surface area contributed by atoms with Gasteiger partial charge < -0.3 is 24.1 Å². The maximum Gasteiger partial charge on any atom is 0.134 e. The summed E-state index contributed by atoms with van der Waals surface area (Å²) in [5.74, 6) is 2.67. The van der Waals surface area contributed by atoms with Crippen LogP contribution in [-0.4, -0.2) is 39.6 Å². The lowest BCUT2D eigenvalue weighted by Crippen LogP contribution is -2.07. The van der Waals surface area contributed by atoms with Crippen LogP contribution in [0.15, 0.2) is 18.2 Å². The highest BCUT2D eigenvalue weighted by molar-refractivity contribution is 6.00. The predicted octanol–water partition coefficient (Wildman–Crippen LogP) is 2.80. The van der Waals surface area contributed by atoms with Crippen molar-refractivity contribution in [2.45, 2.75) is 19.4 Å². The van der Waals surface area contributed by atoms with Gasteiger partial charge in [0.25, 0.3) is 0 Å². The van der Waals surface area contributed by atoms with E-state index in [4.69, 9.17) is 18.9 Å². The van der Waals surface area contributed by atoms with E-state index in [1.807, 2.05) is 12.1 Å². The minimum absolute atomic E-state index is 0.467. The number of aliphatic hydroxyl groups excluding tert-OH is 1. The summed E-state index contributed by atoms with van der Waals surface area (Å²) in [6, 6.07) is 5.56. The average Bonchev–Trinajstić information content (AvgIpc) is 2.52. The van der Waals surface area contributed by atoms with E-state index < -0.39 is 6.10 Å². The number of rotatable bonds is 6. The summed E-state index contributed by atoms with van der Waals surface area (Å²) in [6.45, 7) is 1.74. The Bertz CT molecular complexity index is 664. The van der Waals surface area contributed by atoms with Crippen molar-refractivity contribution in [1.82, 2.24) is 0 Å². The SMILES string of the molecule is COc1cc(OC)c2c(OC)cc(C[C@H](C)O)c(OC)c2c1. The van der Waals surface area contributed by atoms with Crippen molar-refractivity contribution in [2.75, 3.05) is 28.4 Å². The van der Waals surface area contributed by atoms with E-state index in [9.17, 15) is 5.11 Å².